The highest BCUT2D eigenvalue weighted by molar-refractivity contribution is 9.10. The largest absolute Gasteiger partial charge is 0.353 e. The van der Waals surface area contributed by atoms with E-state index < -0.39 is 0 Å². The first-order valence-electron chi connectivity index (χ1n) is 10.2. The molecule has 1 saturated carbocycles. The Kier molecular flexibility index (Phi) is 6.98. The highest BCUT2D eigenvalue weighted by Gasteiger charge is 2.40. The van der Waals surface area contributed by atoms with E-state index in [4.69, 9.17) is 4.99 Å². The Bertz CT molecular complexity index is 597. The van der Waals surface area contributed by atoms with E-state index in [1.54, 1.807) is 0 Å². The average molecular weight is 421 g/mol. The molecule has 3 rings (SSSR count). The predicted octanol–water partition coefficient (Wildman–Crippen LogP) is 3.93. The molecule has 1 aliphatic heterocycles. The van der Waals surface area contributed by atoms with Crippen molar-refractivity contribution in [1.82, 2.24) is 15.1 Å². The van der Waals surface area contributed by atoms with Gasteiger partial charge < -0.3 is 15.1 Å². The minimum Gasteiger partial charge on any atom is -0.353 e. The van der Waals surface area contributed by atoms with Crippen molar-refractivity contribution in [3.8, 4) is 0 Å². The average Bonchev–Trinajstić information content (AvgIpc) is 3.26. The summed E-state index contributed by atoms with van der Waals surface area (Å²) in [7, 11) is 0. The molecular weight excluding hydrogens is 388 g/mol. The molecule has 5 heteroatoms. The molecule has 4 nitrogen and oxygen atoms in total. The summed E-state index contributed by atoms with van der Waals surface area (Å²) < 4.78 is 1.15. The first-order valence-corrected chi connectivity index (χ1v) is 11.0. The number of nitrogens with one attached hydrogen (secondary N) is 1. The van der Waals surface area contributed by atoms with Crippen molar-refractivity contribution in [2.75, 3.05) is 39.3 Å². The SMILES string of the molecule is CCN=C(NC1CC1c1ccc(Br)cc1)N1CCC(CN(CC)CC)C1. The van der Waals surface area contributed by atoms with Crippen LogP contribution < -0.4 is 5.32 Å². The van der Waals surface area contributed by atoms with Gasteiger partial charge in [0.1, 0.15) is 0 Å². The van der Waals surface area contributed by atoms with Crippen LogP contribution in [-0.4, -0.2) is 61.1 Å². The molecule has 1 saturated heterocycles. The van der Waals surface area contributed by atoms with Gasteiger partial charge in [0.15, 0.2) is 5.96 Å². The van der Waals surface area contributed by atoms with E-state index in [1.165, 1.54) is 24.9 Å². The van der Waals surface area contributed by atoms with Crippen molar-refractivity contribution in [2.45, 2.75) is 45.6 Å². The maximum Gasteiger partial charge on any atom is 0.194 e. The summed E-state index contributed by atoms with van der Waals surface area (Å²) in [6.07, 6.45) is 2.49. The van der Waals surface area contributed by atoms with Gasteiger partial charge in [0.05, 0.1) is 0 Å². The van der Waals surface area contributed by atoms with Crippen LogP contribution >= 0.6 is 15.9 Å². The summed E-state index contributed by atoms with van der Waals surface area (Å²) in [6, 6.07) is 9.29. The second-order valence-corrected chi connectivity index (χ2v) is 8.44. The Morgan fingerprint density at radius 2 is 1.96 bits per heavy atom. The van der Waals surface area contributed by atoms with Gasteiger partial charge in [-0.05, 0) is 56.5 Å². The zero-order valence-corrected chi connectivity index (χ0v) is 18.0. The van der Waals surface area contributed by atoms with Gasteiger partial charge in [-0.3, -0.25) is 4.99 Å². The summed E-state index contributed by atoms with van der Waals surface area (Å²) in [5.74, 6) is 2.51. The number of halogens is 1. The maximum atomic E-state index is 4.79. The standard InChI is InChI=1S/C21H33BrN4/c1-4-23-21(26-12-11-16(15-26)14-25(5-2)6-3)24-20-13-19(20)17-7-9-18(22)10-8-17/h7-10,16,19-20H,4-6,11-15H2,1-3H3,(H,23,24). The normalized spacial score (nSPS) is 25.8. The number of nitrogens with zero attached hydrogens (tertiary/aromatic N) is 3. The number of rotatable bonds is 7. The fraction of sp³-hybridized carbons (Fsp3) is 0.667. The molecule has 0 spiro atoms. The summed E-state index contributed by atoms with van der Waals surface area (Å²) in [5.41, 5.74) is 1.43. The van der Waals surface area contributed by atoms with Crippen LogP contribution in [0, 0.1) is 5.92 Å². The van der Waals surface area contributed by atoms with Crippen LogP contribution in [0.5, 0.6) is 0 Å². The Labute approximate surface area is 167 Å². The van der Waals surface area contributed by atoms with Gasteiger partial charge in [-0.15, -0.1) is 0 Å². The second kappa shape index (κ2) is 9.23. The van der Waals surface area contributed by atoms with E-state index in [0.717, 1.165) is 49.1 Å². The minimum atomic E-state index is 0.531. The maximum absolute atomic E-state index is 4.79. The van der Waals surface area contributed by atoms with Crippen molar-refractivity contribution in [3.63, 3.8) is 0 Å². The molecule has 0 bridgehead atoms. The quantitative estimate of drug-likeness (QED) is 0.535. The lowest BCUT2D eigenvalue weighted by Crippen LogP contribution is -2.42. The highest BCUT2D eigenvalue weighted by Crippen LogP contribution is 2.41. The number of aliphatic imine (C=N–C) groups is 1. The lowest BCUT2D eigenvalue weighted by atomic mass is 10.1. The van der Waals surface area contributed by atoms with Crippen LogP contribution in [-0.2, 0) is 0 Å². The molecule has 3 atom stereocenters. The topological polar surface area (TPSA) is 30.9 Å². The smallest absolute Gasteiger partial charge is 0.194 e. The third-order valence-electron chi connectivity index (χ3n) is 5.71. The van der Waals surface area contributed by atoms with Crippen LogP contribution in [0.25, 0.3) is 0 Å². The van der Waals surface area contributed by atoms with E-state index in [-0.39, 0.29) is 0 Å². The molecule has 1 aromatic carbocycles. The fourth-order valence-corrected chi connectivity index (χ4v) is 4.27. The zero-order valence-electron chi connectivity index (χ0n) is 16.4. The molecule has 2 fully saturated rings. The molecular formula is C21H33BrN4. The lowest BCUT2D eigenvalue weighted by Gasteiger charge is -2.24. The van der Waals surface area contributed by atoms with Gasteiger partial charge in [0.25, 0.3) is 0 Å². The Morgan fingerprint density at radius 3 is 2.62 bits per heavy atom. The fourth-order valence-electron chi connectivity index (χ4n) is 4.01. The van der Waals surface area contributed by atoms with E-state index >= 15 is 0 Å². The van der Waals surface area contributed by atoms with Crippen molar-refractivity contribution in [3.05, 3.63) is 34.3 Å². The molecule has 144 valence electrons. The summed E-state index contributed by atoms with van der Waals surface area (Å²) in [5, 5.41) is 3.75. The monoisotopic (exact) mass is 420 g/mol. The number of guanidine groups is 1. The van der Waals surface area contributed by atoms with Crippen molar-refractivity contribution in [2.24, 2.45) is 10.9 Å². The first kappa shape index (κ1) is 19.7. The molecule has 2 aliphatic rings. The molecule has 0 aromatic heterocycles. The molecule has 26 heavy (non-hydrogen) atoms. The molecule has 0 radical (unpaired) electrons. The van der Waals surface area contributed by atoms with Crippen LogP contribution in [0.15, 0.2) is 33.7 Å². The van der Waals surface area contributed by atoms with E-state index in [1.807, 2.05) is 0 Å². The summed E-state index contributed by atoms with van der Waals surface area (Å²) in [6.45, 7) is 13.3. The number of hydrogen-bond donors (Lipinski definition) is 1. The van der Waals surface area contributed by atoms with Gasteiger partial charge in [0.2, 0.25) is 0 Å². The van der Waals surface area contributed by atoms with Gasteiger partial charge >= 0.3 is 0 Å². The molecule has 1 aliphatic carbocycles. The van der Waals surface area contributed by atoms with E-state index in [9.17, 15) is 0 Å². The Hall–Kier alpha value is -1.07. The number of likely N-dealkylation sites (tertiary alicyclic amines) is 1. The van der Waals surface area contributed by atoms with E-state index in [0.29, 0.717) is 12.0 Å². The van der Waals surface area contributed by atoms with Gasteiger partial charge in [0, 0.05) is 42.6 Å². The molecule has 0 amide bonds. The number of hydrogen-bond acceptors (Lipinski definition) is 2. The van der Waals surface area contributed by atoms with Gasteiger partial charge in [-0.25, -0.2) is 0 Å². The van der Waals surface area contributed by atoms with Crippen molar-refractivity contribution >= 4 is 21.9 Å². The predicted molar refractivity (Wildman–Crippen MR) is 114 cm³/mol. The third kappa shape index (κ3) is 5.01. The Morgan fingerprint density at radius 1 is 1.23 bits per heavy atom. The van der Waals surface area contributed by atoms with Crippen LogP contribution in [0.4, 0.5) is 0 Å². The molecule has 3 unspecified atom stereocenters. The van der Waals surface area contributed by atoms with Gasteiger partial charge in [-0.2, -0.15) is 0 Å². The third-order valence-corrected chi connectivity index (χ3v) is 6.24. The molecule has 1 heterocycles. The van der Waals surface area contributed by atoms with E-state index in [2.05, 4.69) is 76.1 Å². The molecule has 1 aromatic rings. The zero-order chi connectivity index (χ0) is 18.5. The van der Waals surface area contributed by atoms with Crippen molar-refractivity contribution in [1.29, 1.82) is 0 Å². The Balaban J connectivity index is 1.54. The van der Waals surface area contributed by atoms with Crippen LogP contribution in [0.2, 0.25) is 0 Å². The number of benzene rings is 1. The van der Waals surface area contributed by atoms with Crippen molar-refractivity contribution < 1.29 is 0 Å². The second-order valence-electron chi connectivity index (χ2n) is 7.53. The lowest BCUT2D eigenvalue weighted by molar-refractivity contribution is 0.255. The minimum absolute atomic E-state index is 0.531. The summed E-state index contributed by atoms with van der Waals surface area (Å²) in [4.78, 5) is 9.82. The first-order chi connectivity index (χ1) is 12.6. The van der Waals surface area contributed by atoms with Crippen LogP contribution in [0.3, 0.4) is 0 Å². The van der Waals surface area contributed by atoms with Crippen LogP contribution in [0.1, 0.15) is 45.1 Å². The summed E-state index contributed by atoms with van der Waals surface area (Å²) >= 11 is 3.52. The highest BCUT2D eigenvalue weighted by atomic mass is 79.9. The molecule has 1 N–H and O–H groups in total. The van der Waals surface area contributed by atoms with Gasteiger partial charge in [-0.1, -0.05) is 41.9 Å².